The van der Waals surface area contributed by atoms with Crippen LogP contribution in [0.3, 0.4) is 0 Å². The summed E-state index contributed by atoms with van der Waals surface area (Å²) in [6.45, 7) is 10.2. The Hall–Kier alpha value is -0.0800. The molecule has 74 valence electrons. The first-order valence-electron chi connectivity index (χ1n) is 4.94. The topological polar surface area (TPSA) is 6.48 Å². The van der Waals surface area contributed by atoms with Gasteiger partial charge in [-0.25, -0.2) is 10.0 Å². The summed E-state index contributed by atoms with van der Waals surface area (Å²) in [5.41, 5.74) is 0. The summed E-state index contributed by atoms with van der Waals surface area (Å²) in [5, 5.41) is 4.62. The number of nitrogens with zero attached hydrogens (tertiary/aromatic N) is 2. The van der Waals surface area contributed by atoms with Crippen LogP contribution in [0.4, 0.5) is 0 Å². The van der Waals surface area contributed by atoms with Crippen molar-refractivity contribution >= 4 is 0 Å². The molecule has 0 aromatic rings. The van der Waals surface area contributed by atoms with E-state index in [0.717, 1.165) is 12.5 Å². The van der Waals surface area contributed by atoms with Crippen molar-refractivity contribution in [2.45, 2.75) is 40.2 Å². The van der Waals surface area contributed by atoms with Crippen molar-refractivity contribution in [1.82, 2.24) is 10.0 Å². The summed E-state index contributed by atoms with van der Waals surface area (Å²) in [6.07, 6.45) is 1.22. The molecule has 0 aliphatic carbocycles. The fraction of sp³-hybridized carbons (Fsp3) is 1.00. The maximum absolute atomic E-state index is 2.42. The molecular weight excluding hydrogens is 148 g/mol. The predicted octanol–water partition coefficient (Wildman–Crippen LogP) is 2.22. The fourth-order valence-corrected chi connectivity index (χ4v) is 1.34. The fourth-order valence-electron chi connectivity index (χ4n) is 1.34. The van der Waals surface area contributed by atoms with Gasteiger partial charge in [0.2, 0.25) is 0 Å². The monoisotopic (exact) mass is 172 g/mol. The molecule has 0 amide bonds. The van der Waals surface area contributed by atoms with Gasteiger partial charge in [0.25, 0.3) is 0 Å². The molecule has 0 spiro atoms. The molecule has 0 saturated heterocycles. The van der Waals surface area contributed by atoms with Crippen LogP contribution in [-0.2, 0) is 0 Å². The molecule has 0 aliphatic rings. The second-order valence-electron chi connectivity index (χ2n) is 3.99. The van der Waals surface area contributed by atoms with Gasteiger partial charge in [-0.2, -0.15) is 0 Å². The Morgan fingerprint density at radius 2 is 1.58 bits per heavy atom. The third-order valence-corrected chi connectivity index (χ3v) is 2.40. The molecule has 0 radical (unpaired) electrons. The average Bonchev–Trinajstić information content (AvgIpc) is 1.98. The minimum Gasteiger partial charge on any atom is -0.248 e. The molecule has 0 aromatic heterocycles. The van der Waals surface area contributed by atoms with E-state index in [-0.39, 0.29) is 0 Å². The van der Waals surface area contributed by atoms with Crippen LogP contribution in [-0.4, -0.2) is 36.7 Å². The summed E-state index contributed by atoms with van der Waals surface area (Å²) in [7, 11) is 4.24. The van der Waals surface area contributed by atoms with Gasteiger partial charge >= 0.3 is 0 Å². The first-order chi connectivity index (χ1) is 5.50. The Labute approximate surface area is 77.5 Å². The lowest BCUT2D eigenvalue weighted by atomic mass is 10.1. The molecule has 0 aliphatic heterocycles. The molecule has 0 rings (SSSR count). The second kappa shape index (κ2) is 5.55. The van der Waals surface area contributed by atoms with Gasteiger partial charge in [-0.05, 0) is 19.3 Å². The molecule has 0 fully saturated rings. The van der Waals surface area contributed by atoms with Crippen molar-refractivity contribution in [2.75, 3.05) is 20.6 Å². The summed E-state index contributed by atoms with van der Waals surface area (Å²) >= 11 is 0. The number of rotatable bonds is 5. The Morgan fingerprint density at radius 3 is 1.83 bits per heavy atom. The van der Waals surface area contributed by atoms with E-state index in [1.54, 1.807) is 0 Å². The van der Waals surface area contributed by atoms with E-state index in [1.807, 2.05) is 0 Å². The van der Waals surface area contributed by atoms with Crippen molar-refractivity contribution in [3.8, 4) is 0 Å². The summed E-state index contributed by atoms with van der Waals surface area (Å²) in [4.78, 5) is 0. The normalized spacial score (nSPS) is 14.8. The van der Waals surface area contributed by atoms with Crippen LogP contribution in [0.25, 0.3) is 0 Å². The largest absolute Gasteiger partial charge is 0.248 e. The third-order valence-electron chi connectivity index (χ3n) is 2.40. The second-order valence-corrected chi connectivity index (χ2v) is 3.99. The molecule has 0 N–H and O–H groups in total. The van der Waals surface area contributed by atoms with Crippen LogP contribution in [0.5, 0.6) is 0 Å². The van der Waals surface area contributed by atoms with E-state index >= 15 is 0 Å². The highest BCUT2D eigenvalue weighted by atomic mass is 15.6. The Morgan fingerprint density at radius 1 is 1.08 bits per heavy atom. The molecule has 0 bridgehead atoms. The van der Waals surface area contributed by atoms with Gasteiger partial charge in [0.05, 0.1) is 0 Å². The molecule has 2 nitrogen and oxygen atoms in total. The van der Waals surface area contributed by atoms with Gasteiger partial charge < -0.3 is 0 Å². The standard InChI is InChI=1S/C10H24N2/c1-7-8-12(11(5)6)10(4)9(2)3/h9-10H,7-8H2,1-6H3/t10-/m0/s1. The summed E-state index contributed by atoms with van der Waals surface area (Å²) < 4.78 is 0. The van der Waals surface area contributed by atoms with E-state index in [1.165, 1.54) is 6.42 Å². The van der Waals surface area contributed by atoms with Gasteiger partial charge in [0.1, 0.15) is 0 Å². The maximum atomic E-state index is 2.42. The van der Waals surface area contributed by atoms with Crippen LogP contribution in [0.2, 0.25) is 0 Å². The van der Waals surface area contributed by atoms with Gasteiger partial charge in [-0.3, -0.25) is 0 Å². The van der Waals surface area contributed by atoms with Gasteiger partial charge in [0, 0.05) is 26.7 Å². The molecule has 0 heterocycles. The zero-order valence-electron chi connectivity index (χ0n) is 9.46. The summed E-state index contributed by atoms with van der Waals surface area (Å²) in [5.74, 6) is 0.721. The van der Waals surface area contributed by atoms with Crippen LogP contribution in [0.1, 0.15) is 34.1 Å². The van der Waals surface area contributed by atoms with E-state index in [2.05, 4.69) is 51.8 Å². The Balaban J connectivity index is 4.09. The lowest BCUT2D eigenvalue weighted by Crippen LogP contribution is -2.46. The van der Waals surface area contributed by atoms with Crippen molar-refractivity contribution < 1.29 is 0 Å². The van der Waals surface area contributed by atoms with Gasteiger partial charge in [-0.1, -0.05) is 20.8 Å². The minimum atomic E-state index is 0.639. The highest BCUT2D eigenvalue weighted by Crippen LogP contribution is 2.11. The smallest absolute Gasteiger partial charge is 0.0240 e. The maximum Gasteiger partial charge on any atom is 0.0240 e. The van der Waals surface area contributed by atoms with Crippen LogP contribution < -0.4 is 0 Å². The molecule has 0 aromatic carbocycles. The molecule has 1 atom stereocenters. The zero-order chi connectivity index (χ0) is 9.72. The summed E-state index contributed by atoms with van der Waals surface area (Å²) in [6, 6.07) is 0.639. The van der Waals surface area contributed by atoms with E-state index in [4.69, 9.17) is 0 Å². The third kappa shape index (κ3) is 3.55. The minimum absolute atomic E-state index is 0.639. The van der Waals surface area contributed by atoms with Crippen LogP contribution >= 0.6 is 0 Å². The van der Waals surface area contributed by atoms with Crippen LogP contribution in [0.15, 0.2) is 0 Å². The Bertz CT molecular complexity index is 110. The SMILES string of the molecule is CCCN([C@@H](C)C(C)C)N(C)C. The molecule has 12 heavy (non-hydrogen) atoms. The van der Waals surface area contributed by atoms with Crippen molar-refractivity contribution in [3.63, 3.8) is 0 Å². The zero-order valence-corrected chi connectivity index (χ0v) is 9.46. The lowest BCUT2D eigenvalue weighted by molar-refractivity contribution is -0.0279. The highest BCUT2D eigenvalue weighted by Gasteiger charge is 2.17. The molecule has 2 heteroatoms. The number of hydrogen-bond acceptors (Lipinski definition) is 2. The highest BCUT2D eigenvalue weighted by molar-refractivity contribution is 4.66. The van der Waals surface area contributed by atoms with Crippen molar-refractivity contribution in [2.24, 2.45) is 5.92 Å². The van der Waals surface area contributed by atoms with Gasteiger partial charge in [-0.15, -0.1) is 0 Å². The number of hydrogen-bond donors (Lipinski definition) is 0. The van der Waals surface area contributed by atoms with Crippen LogP contribution in [0, 0.1) is 5.92 Å². The average molecular weight is 172 g/mol. The molecule has 0 saturated carbocycles. The van der Waals surface area contributed by atoms with E-state index in [0.29, 0.717) is 6.04 Å². The van der Waals surface area contributed by atoms with E-state index < -0.39 is 0 Å². The lowest BCUT2D eigenvalue weighted by Gasteiger charge is -2.36. The van der Waals surface area contributed by atoms with Gasteiger partial charge in [0.15, 0.2) is 0 Å². The predicted molar refractivity (Wildman–Crippen MR) is 55.0 cm³/mol. The Kier molecular flexibility index (Phi) is 5.51. The first kappa shape index (κ1) is 11.9. The molecular formula is C10H24N2. The van der Waals surface area contributed by atoms with E-state index in [9.17, 15) is 0 Å². The quantitative estimate of drug-likeness (QED) is 0.587. The van der Waals surface area contributed by atoms with Crippen molar-refractivity contribution in [1.29, 1.82) is 0 Å². The molecule has 0 unspecified atom stereocenters. The number of hydrazine groups is 1. The van der Waals surface area contributed by atoms with Crippen molar-refractivity contribution in [3.05, 3.63) is 0 Å². The first-order valence-corrected chi connectivity index (χ1v) is 4.94.